The van der Waals surface area contributed by atoms with Crippen molar-refractivity contribution in [2.24, 2.45) is 0 Å². The van der Waals surface area contributed by atoms with Crippen molar-refractivity contribution in [3.8, 4) is 11.3 Å². The van der Waals surface area contributed by atoms with Gasteiger partial charge in [0, 0.05) is 0 Å². The molecule has 0 spiro atoms. The number of hydrogen-bond donors (Lipinski definition) is 1. The Hall–Kier alpha value is -2.02. The second kappa shape index (κ2) is 4.93. The molecule has 0 atom stereocenters. The van der Waals surface area contributed by atoms with E-state index >= 15 is 0 Å². The van der Waals surface area contributed by atoms with E-state index in [1.165, 1.54) is 12.1 Å². The summed E-state index contributed by atoms with van der Waals surface area (Å²) >= 11 is 0. The van der Waals surface area contributed by atoms with E-state index in [9.17, 15) is 22.0 Å². The molecule has 0 aliphatic rings. The van der Waals surface area contributed by atoms with Crippen LogP contribution in [0.1, 0.15) is 5.69 Å². The van der Waals surface area contributed by atoms with E-state index in [1.807, 2.05) is 0 Å². The topological polar surface area (TPSA) is 33.1 Å². The van der Waals surface area contributed by atoms with Crippen LogP contribution >= 0.6 is 0 Å². The van der Waals surface area contributed by atoms with Gasteiger partial charge in [0.15, 0.2) is 23.3 Å². The maximum atomic E-state index is 13.5. The second-order valence-corrected chi connectivity index (χ2v) is 3.62. The summed E-state index contributed by atoms with van der Waals surface area (Å²) in [6, 6.07) is 3.71. The van der Waals surface area contributed by atoms with E-state index in [1.54, 1.807) is 0 Å². The first-order valence-corrected chi connectivity index (χ1v) is 5.06. The van der Waals surface area contributed by atoms with Crippen molar-refractivity contribution in [1.82, 2.24) is 4.98 Å². The van der Waals surface area contributed by atoms with Crippen LogP contribution in [0.15, 0.2) is 18.2 Å². The predicted octanol–water partition coefficient (Wildman–Crippen LogP) is 2.94. The maximum absolute atomic E-state index is 13.5. The Morgan fingerprint density at radius 2 is 1.37 bits per heavy atom. The fourth-order valence-electron chi connectivity index (χ4n) is 1.54. The SMILES string of the molecule is OCc1cccc(-c2c(F)c(F)c(F)c(F)c2F)n1. The number of aromatic nitrogens is 1. The van der Waals surface area contributed by atoms with Crippen LogP contribution in [0.3, 0.4) is 0 Å². The molecule has 100 valence electrons. The van der Waals surface area contributed by atoms with Crippen LogP contribution in [-0.4, -0.2) is 10.1 Å². The second-order valence-electron chi connectivity index (χ2n) is 3.62. The quantitative estimate of drug-likeness (QED) is 0.519. The molecule has 2 nitrogen and oxygen atoms in total. The number of nitrogens with zero attached hydrogens (tertiary/aromatic N) is 1. The number of aliphatic hydroxyl groups is 1. The lowest BCUT2D eigenvalue weighted by molar-refractivity contribution is 0.277. The zero-order chi connectivity index (χ0) is 14.2. The minimum Gasteiger partial charge on any atom is -0.390 e. The van der Waals surface area contributed by atoms with Gasteiger partial charge in [-0.3, -0.25) is 4.98 Å². The van der Waals surface area contributed by atoms with Gasteiger partial charge in [0.05, 0.1) is 23.6 Å². The van der Waals surface area contributed by atoms with E-state index in [2.05, 4.69) is 4.98 Å². The van der Waals surface area contributed by atoms with Gasteiger partial charge in [0.1, 0.15) is 0 Å². The molecule has 0 aliphatic carbocycles. The highest BCUT2D eigenvalue weighted by Gasteiger charge is 2.27. The lowest BCUT2D eigenvalue weighted by Gasteiger charge is -2.08. The zero-order valence-corrected chi connectivity index (χ0v) is 9.22. The number of aliphatic hydroxyl groups excluding tert-OH is 1. The largest absolute Gasteiger partial charge is 0.390 e. The van der Waals surface area contributed by atoms with Gasteiger partial charge in [-0.1, -0.05) is 6.07 Å². The molecule has 0 bridgehead atoms. The molecule has 0 amide bonds. The maximum Gasteiger partial charge on any atom is 0.200 e. The number of hydrogen-bond acceptors (Lipinski definition) is 2. The third kappa shape index (κ3) is 2.17. The Balaban J connectivity index is 2.75. The Morgan fingerprint density at radius 3 is 1.89 bits per heavy atom. The van der Waals surface area contributed by atoms with Crippen LogP contribution in [0.4, 0.5) is 22.0 Å². The lowest BCUT2D eigenvalue weighted by atomic mass is 10.1. The minimum atomic E-state index is -2.22. The van der Waals surface area contributed by atoms with Crippen molar-refractivity contribution >= 4 is 0 Å². The van der Waals surface area contributed by atoms with E-state index in [0.29, 0.717) is 0 Å². The molecule has 19 heavy (non-hydrogen) atoms. The number of pyridine rings is 1. The van der Waals surface area contributed by atoms with Crippen molar-refractivity contribution in [3.05, 3.63) is 53.0 Å². The highest BCUT2D eigenvalue weighted by molar-refractivity contribution is 5.61. The molecule has 0 aliphatic heterocycles. The van der Waals surface area contributed by atoms with Crippen molar-refractivity contribution in [2.75, 3.05) is 0 Å². The normalized spacial score (nSPS) is 10.8. The van der Waals surface area contributed by atoms with Crippen LogP contribution in [0.5, 0.6) is 0 Å². The predicted molar refractivity (Wildman–Crippen MR) is 55.4 cm³/mol. The van der Waals surface area contributed by atoms with Gasteiger partial charge in [-0.2, -0.15) is 0 Å². The highest BCUT2D eigenvalue weighted by atomic mass is 19.2. The Bertz CT molecular complexity index is 615. The molecule has 0 fully saturated rings. The molecule has 2 rings (SSSR count). The van der Waals surface area contributed by atoms with Gasteiger partial charge < -0.3 is 5.11 Å². The molecular weight excluding hydrogens is 269 g/mol. The third-order valence-corrected chi connectivity index (χ3v) is 2.43. The first kappa shape index (κ1) is 13.4. The minimum absolute atomic E-state index is 0.0430. The van der Waals surface area contributed by atoms with Crippen LogP contribution in [-0.2, 0) is 6.61 Å². The summed E-state index contributed by atoms with van der Waals surface area (Å²) in [7, 11) is 0. The number of rotatable bonds is 2. The molecular formula is C12H6F5NO. The van der Waals surface area contributed by atoms with E-state index < -0.39 is 47.0 Å². The fourth-order valence-corrected chi connectivity index (χ4v) is 1.54. The number of halogens is 5. The van der Waals surface area contributed by atoms with Crippen molar-refractivity contribution in [2.45, 2.75) is 6.61 Å². The van der Waals surface area contributed by atoms with Gasteiger partial charge in [0.2, 0.25) is 5.82 Å². The molecule has 1 aromatic heterocycles. The lowest BCUT2D eigenvalue weighted by Crippen LogP contribution is -2.05. The first-order chi connectivity index (χ1) is 8.97. The summed E-state index contributed by atoms with van der Waals surface area (Å²) in [5.74, 6) is -10.2. The molecule has 0 saturated carbocycles. The van der Waals surface area contributed by atoms with E-state index in [-0.39, 0.29) is 5.69 Å². The fraction of sp³-hybridized carbons (Fsp3) is 0.0833. The zero-order valence-electron chi connectivity index (χ0n) is 9.22. The third-order valence-electron chi connectivity index (χ3n) is 2.43. The standard InChI is InChI=1S/C12H6F5NO/c13-8-7(6-3-1-2-5(4-19)18-6)9(14)11(16)12(17)10(8)15/h1-3,19H,4H2. The van der Waals surface area contributed by atoms with Crippen LogP contribution in [0.2, 0.25) is 0 Å². The highest BCUT2D eigenvalue weighted by Crippen LogP contribution is 2.30. The summed E-state index contributed by atoms with van der Waals surface area (Å²) in [5.41, 5.74) is -1.52. The van der Waals surface area contributed by atoms with E-state index in [4.69, 9.17) is 5.11 Å². The van der Waals surface area contributed by atoms with Crippen LogP contribution < -0.4 is 0 Å². The van der Waals surface area contributed by atoms with Gasteiger partial charge >= 0.3 is 0 Å². The molecule has 2 aromatic rings. The summed E-state index contributed by atoms with van der Waals surface area (Å²) in [5, 5.41) is 8.84. The summed E-state index contributed by atoms with van der Waals surface area (Å²) in [6.45, 7) is -0.525. The number of benzene rings is 1. The smallest absolute Gasteiger partial charge is 0.200 e. The molecule has 1 N–H and O–H groups in total. The Labute approximate surface area is 104 Å². The molecule has 0 radical (unpaired) electrons. The van der Waals surface area contributed by atoms with Crippen molar-refractivity contribution in [1.29, 1.82) is 0 Å². The van der Waals surface area contributed by atoms with Gasteiger partial charge in [-0.05, 0) is 12.1 Å². The Morgan fingerprint density at radius 1 is 0.842 bits per heavy atom. The average Bonchev–Trinajstić information content (AvgIpc) is 2.43. The monoisotopic (exact) mass is 275 g/mol. The summed E-state index contributed by atoms with van der Waals surface area (Å²) in [6.07, 6.45) is 0. The summed E-state index contributed by atoms with van der Waals surface area (Å²) in [4.78, 5) is 3.61. The van der Waals surface area contributed by atoms with Gasteiger partial charge in [-0.25, -0.2) is 22.0 Å². The van der Waals surface area contributed by atoms with Crippen LogP contribution in [0.25, 0.3) is 11.3 Å². The summed E-state index contributed by atoms with van der Waals surface area (Å²) < 4.78 is 65.9. The molecule has 7 heteroatoms. The molecule has 0 unspecified atom stereocenters. The van der Waals surface area contributed by atoms with Gasteiger partial charge in [0.25, 0.3) is 0 Å². The van der Waals surface area contributed by atoms with Crippen molar-refractivity contribution in [3.63, 3.8) is 0 Å². The van der Waals surface area contributed by atoms with Crippen LogP contribution in [0, 0.1) is 29.1 Å². The van der Waals surface area contributed by atoms with Crippen molar-refractivity contribution < 1.29 is 27.1 Å². The average molecular weight is 275 g/mol. The van der Waals surface area contributed by atoms with Gasteiger partial charge in [-0.15, -0.1) is 0 Å². The Kier molecular flexibility index (Phi) is 3.48. The van der Waals surface area contributed by atoms with E-state index in [0.717, 1.165) is 6.07 Å². The molecule has 1 aromatic carbocycles. The molecule has 1 heterocycles. The first-order valence-electron chi connectivity index (χ1n) is 5.06. The molecule has 0 saturated heterocycles.